The molecule has 15 heavy (non-hydrogen) atoms. The van der Waals surface area contributed by atoms with Gasteiger partial charge < -0.3 is 5.11 Å². The zero-order valence-corrected chi connectivity index (χ0v) is 9.48. The van der Waals surface area contributed by atoms with Crippen LogP contribution in [0.15, 0.2) is 6.20 Å². The van der Waals surface area contributed by atoms with Crippen molar-refractivity contribution < 1.29 is 5.11 Å². The van der Waals surface area contributed by atoms with E-state index in [1.165, 1.54) is 18.4 Å². The quantitative estimate of drug-likeness (QED) is 0.775. The van der Waals surface area contributed by atoms with E-state index in [-0.39, 0.29) is 6.61 Å². The Balaban J connectivity index is 2.01. The maximum absolute atomic E-state index is 9.00. The van der Waals surface area contributed by atoms with Crippen molar-refractivity contribution in [2.75, 3.05) is 13.2 Å². The van der Waals surface area contributed by atoms with Crippen molar-refractivity contribution in [3.8, 4) is 0 Å². The van der Waals surface area contributed by atoms with Crippen LogP contribution in [0.4, 0.5) is 0 Å². The zero-order chi connectivity index (χ0) is 10.8. The maximum Gasteiger partial charge on any atom is 0.0638 e. The number of aromatic nitrogens is 2. The Kier molecular flexibility index (Phi) is 3.07. The summed E-state index contributed by atoms with van der Waals surface area (Å²) in [6.07, 6.45) is 4.63. The zero-order valence-electron chi connectivity index (χ0n) is 9.48. The van der Waals surface area contributed by atoms with Crippen molar-refractivity contribution in [1.82, 2.24) is 14.7 Å². The third kappa shape index (κ3) is 2.58. The lowest BCUT2D eigenvalue weighted by atomic mass is 10.2. The van der Waals surface area contributed by atoms with Crippen molar-refractivity contribution in [3.63, 3.8) is 0 Å². The second kappa shape index (κ2) is 4.33. The van der Waals surface area contributed by atoms with Gasteiger partial charge in [0.05, 0.1) is 12.3 Å². The largest absolute Gasteiger partial charge is 0.395 e. The fraction of sp³-hybridized carbons (Fsp3) is 0.727. The normalized spacial score (nSPS) is 16.3. The van der Waals surface area contributed by atoms with Gasteiger partial charge in [0.2, 0.25) is 0 Å². The van der Waals surface area contributed by atoms with Gasteiger partial charge in [-0.3, -0.25) is 9.58 Å². The van der Waals surface area contributed by atoms with Crippen LogP contribution in [0.5, 0.6) is 0 Å². The van der Waals surface area contributed by atoms with Crippen LogP contribution in [0.3, 0.4) is 0 Å². The molecule has 0 bridgehead atoms. The van der Waals surface area contributed by atoms with E-state index in [0.29, 0.717) is 6.04 Å². The molecule has 1 heterocycles. The molecule has 0 aromatic carbocycles. The third-order valence-corrected chi connectivity index (χ3v) is 2.94. The molecule has 0 saturated heterocycles. The molecule has 1 aromatic rings. The summed E-state index contributed by atoms with van der Waals surface area (Å²) in [5.74, 6) is 0. The summed E-state index contributed by atoms with van der Waals surface area (Å²) in [4.78, 5) is 2.35. The second-order valence-electron chi connectivity index (χ2n) is 4.34. The maximum atomic E-state index is 9.00. The minimum absolute atomic E-state index is 0.246. The van der Waals surface area contributed by atoms with Crippen molar-refractivity contribution in [2.24, 2.45) is 7.05 Å². The van der Waals surface area contributed by atoms with E-state index in [9.17, 15) is 0 Å². The summed E-state index contributed by atoms with van der Waals surface area (Å²) in [5, 5.41) is 13.3. The molecular weight excluding hydrogens is 190 g/mol. The monoisotopic (exact) mass is 209 g/mol. The van der Waals surface area contributed by atoms with Gasteiger partial charge in [-0.2, -0.15) is 5.10 Å². The molecule has 1 N–H and O–H groups in total. The molecule has 1 saturated carbocycles. The summed E-state index contributed by atoms with van der Waals surface area (Å²) in [7, 11) is 1.95. The van der Waals surface area contributed by atoms with E-state index in [4.69, 9.17) is 5.11 Å². The molecule has 0 aliphatic heterocycles. The topological polar surface area (TPSA) is 41.3 Å². The fourth-order valence-electron chi connectivity index (χ4n) is 1.98. The van der Waals surface area contributed by atoms with Gasteiger partial charge in [-0.25, -0.2) is 0 Å². The molecule has 0 amide bonds. The Labute approximate surface area is 90.5 Å². The highest BCUT2D eigenvalue weighted by Gasteiger charge is 2.28. The van der Waals surface area contributed by atoms with E-state index in [0.717, 1.165) is 18.8 Å². The van der Waals surface area contributed by atoms with Gasteiger partial charge in [0, 0.05) is 37.9 Å². The summed E-state index contributed by atoms with van der Waals surface area (Å²) in [6.45, 7) is 3.99. The van der Waals surface area contributed by atoms with Crippen molar-refractivity contribution in [1.29, 1.82) is 0 Å². The highest BCUT2D eigenvalue weighted by molar-refractivity contribution is 5.15. The van der Waals surface area contributed by atoms with Crippen LogP contribution in [-0.4, -0.2) is 39.0 Å². The molecule has 1 aromatic heterocycles. The summed E-state index contributed by atoms with van der Waals surface area (Å²) in [6, 6.07) is 0.691. The highest BCUT2D eigenvalue weighted by atomic mass is 16.3. The number of nitrogens with zero attached hydrogens (tertiary/aromatic N) is 3. The average Bonchev–Trinajstić information content (AvgIpc) is 2.94. The predicted molar refractivity (Wildman–Crippen MR) is 58.5 cm³/mol. The molecule has 4 nitrogen and oxygen atoms in total. The van der Waals surface area contributed by atoms with E-state index < -0.39 is 0 Å². The SMILES string of the molecule is Cc1nn(C)cc1CN(CCO)C1CC1. The van der Waals surface area contributed by atoms with Gasteiger partial charge in [-0.05, 0) is 19.8 Å². The van der Waals surface area contributed by atoms with Gasteiger partial charge in [0.25, 0.3) is 0 Å². The first-order valence-electron chi connectivity index (χ1n) is 5.54. The molecule has 4 heteroatoms. The van der Waals surface area contributed by atoms with Gasteiger partial charge in [0.15, 0.2) is 0 Å². The molecule has 1 aliphatic carbocycles. The average molecular weight is 209 g/mol. The van der Waals surface area contributed by atoms with Crippen LogP contribution in [0.1, 0.15) is 24.1 Å². The van der Waals surface area contributed by atoms with Gasteiger partial charge in [-0.1, -0.05) is 0 Å². The Morgan fingerprint density at radius 3 is 2.80 bits per heavy atom. The van der Waals surface area contributed by atoms with Crippen molar-refractivity contribution in [3.05, 3.63) is 17.5 Å². The number of rotatable bonds is 5. The Hall–Kier alpha value is -0.870. The van der Waals surface area contributed by atoms with Gasteiger partial charge >= 0.3 is 0 Å². The lowest BCUT2D eigenvalue weighted by Gasteiger charge is -2.20. The van der Waals surface area contributed by atoms with Crippen LogP contribution in [0, 0.1) is 6.92 Å². The van der Waals surface area contributed by atoms with Crippen LogP contribution < -0.4 is 0 Å². The fourth-order valence-corrected chi connectivity index (χ4v) is 1.98. The van der Waals surface area contributed by atoms with E-state index in [1.54, 1.807) is 0 Å². The number of hydrogen-bond acceptors (Lipinski definition) is 3. The number of aliphatic hydroxyl groups excluding tert-OH is 1. The van der Waals surface area contributed by atoms with Gasteiger partial charge in [-0.15, -0.1) is 0 Å². The lowest BCUT2D eigenvalue weighted by Crippen LogP contribution is -2.28. The van der Waals surface area contributed by atoms with E-state index in [1.807, 2.05) is 18.7 Å². The molecule has 0 radical (unpaired) electrons. The number of hydrogen-bond donors (Lipinski definition) is 1. The molecule has 1 aliphatic rings. The second-order valence-corrected chi connectivity index (χ2v) is 4.34. The van der Waals surface area contributed by atoms with Crippen molar-refractivity contribution in [2.45, 2.75) is 32.4 Å². The molecule has 84 valence electrons. The summed E-state index contributed by atoms with van der Waals surface area (Å²) in [5.41, 5.74) is 2.37. The van der Waals surface area contributed by atoms with Crippen LogP contribution >= 0.6 is 0 Å². The molecular formula is C11H19N3O. The minimum atomic E-state index is 0.246. The first-order chi connectivity index (χ1) is 7.20. The van der Waals surface area contributed by atoms with E-state index >= 15 is 0 Å². The predicted octanol–water partition coefficient (Wildman–Crippen LogP) is 0.685. The summed E-state index contributed by atoms with van der Waals surface area (Å²) < 4.78 is 1.86. The standard InChI is InChI=1S/C11H19N3O/c1-9-10(7-13(2)12-9)8-14(5-6-15)11-3-4-11/h7,11,15H,3-6,8H2,1-2H3. The molecule has 1 fully saturated rings. The molecule has 0 spiro atoms. The molecule has 0 unspecified atom stereocenters. The summed E-state index contributed by atoms with van der Waals surface area (Å²) >= 11 is 0. The number of aliphatic hydroxyl groups is 1. The van der Waals surface area contributed by atoms with Crippen LogP contribution in [0.25, 0.3) is 0 Å². The Bertz CT molecular complexity index is 331. The van der Waals surface area contributed by atoms with Crippen molar-refractivity contribution >= 4 is 0 Å². The van der Waals surface area contributed by atoms with Crippen LogP contribution in [0.2, 0.25) is 0 Å². The Morgan fingerprint density at radius 1 is 1.60 bits per heavy atom. The first-order valence-corrected chi connectivity index (χ1v) is 5.54. The number of aryl methyl sites for hydroxylation is 2. The minimum Gasteiger partial charge on any atom is -0.395 e. The third-order valence-electron chi connectivity index (χ3n) is 2.94. The first kappa shape index (κ1) is 10.6. The van der Waals surface area contributed by atoms with E-state index in [2.05, 4.69) is 16.2 Å². The Morgan fingerprint density at radius 2 is 2.33 bits per heavy atom. The molecule has 2 rings (SSSR count). The highest BCUT2D eigenvalue weighted by Crippen LogP contribution is 2.28. The smallest absolute Gasteiger partial charge is 0.0638 e. The molecule has 0 atom stereocenters. The van der Waals surface area contributed by atoms with Crippen LogP contribution in [-0.2, 0) is 13.6 Å². The van der Waals surface area contributed by atoms with Gasteiger partial charge in [0.1, 0.15) is 0 Å². The lowest BCUT2D eigenvalue weighted by molar-refractivity contribution is 0.183.